The molecule has 4 rings (SSSR count). The van der Waals surface area contributed by atoms with Crippen LogP contribution in [0.3, 0.4) is 0 Å². The lowest BCUT2D eigenvalue weighted by Crippen LogP contribution is -2.22. The zero-order chi connectivity index (χ0) is 29.2. The Bertz CT molecular complexity index is 1560. The van der Waals surface area contributed by atoms with Crippen molar-refractivity contribution < 1.29 is 31.9 Å². The standard InChI is InChI=1S/C31H30F3NO5/c1-17(2)22-7-6-8-23(18(3)4)27(22)35-26(36)16-38-21-13-14-24-25(15-21)40-30(31(32,33)34)29(28(24)37)39-20-11-9-19(5)10-12-20/h6-15,17-18H,16H2,1-5H3,(H,35,36). The summed E-state index contributed by atoms with van der Waals surface area (Å²) in [6, 6.07) is 15.9. The van der Waals surface area contributed by atoms with E-state index in [0.717, 1.165) is 28.4 Å². The molecule has 1 aromatic heterocycles. The van der Waals surface area contributed by atoms with Crippen LogP contribution in [0.1, 0.15) is 62.0 Å². The number of halogens is 3. The van der Waals surface area contributed by atoms with Crippen molar-refractivity contribution >= 4 is 22.6 Å². The van der Waals surface area contributed by atoms with Crippen LogP contribution in [0.4, 0.5) is 18.9 Å². The van der Waals surface area contributed by atoms with Crippen LogP contribution in [0.25, 0.3) is 11.0 Å². The maximum absolute atomic E-state index is 13.9. The molecule has 40 heavy (non-hydrogen) atoms. The Morgan fingerprint density at radius 2 is 1.52 bits per heavy atom. The van der Waals surface area contributed by atoms with Crippen LogP contribution < -0.4 is 20.2 Å². The van der Waals surface area contributed by atoms with Gasteiger partial charge < -0.3 is 19.2 Å². The van der Waals surface area contributed by atoms with Crippen molar-refractivity contribution in [2.75, 3.05) is 11.9 Å². The molecule has 0 aliphatic rings. The van der Waals surface area contributed by atoms with Gasteiger partial charge in [-0.2, -0.15) is 13.2 Å². The first-order valence-electron chi connectivity index (χ1n) is 12.8. The van der Waals surface area contributed by atoms with Crippen LogP contribution in [0.5, 0.6) is 17.2 Å². The zero-order valence-electron chi connectivity index (χ0n) is 22.8. The summed E-state index contributed by atoms with van der Waals surface area (Å²) >= 11 is 0. The number of hydrogen-bond donors (Lipinski definition) is 1. The summed E-state index contributed by atoms with van der Waals surface area (Å²) in [4.78, 5) is 25.8. The second-order valence-electron chi connectivity index (χ2n) is 10.1. The Kier molecular flexibility index (Phi) is 8.23. The van der Waals surface area contributed by atoms with Crippen molar-refractivity contribution in [1.82, 2.24) is 0 Å². The van der Waals surface area contributed by atoms with E-state index < -0.39 is 35.6 Å². The number of carbonyl (C=O) groups is 1. The highest BCUT2D eigenvalue weighted by Gasteiger charge is 2.40. The number of benzene rings is 3. The Morgan fingerprint density at radius 3 is 2.10 bits per heavy atom. The van der Waals surface area contributed by atoms with Gasteiger partial charge in [-0.15, -0.1) is 0 Å². The smallest absolute Gasteiger partial charge is 0.453 e. The van der Waals surface area contributed by atoms with Crippen molar-refractivity contribution in [2.24, 2.45) is 0 Å². The average molecular weight is 554 g/mol. The van der Waals surface area contributed by atoms with E-state index in [4.69, 9.17) is 13.9 Å². The Hall–Kier alpha value is -4.27. The van der Waals surface area contributed by atoms with E-state index >= 15 is 0 Å². The maximum atomic E-state index is 13.9. The quantitative estimate of drug-likeness (QED) is 0.238. The van der Waals surface area contributed by atoms with Gasteiger partial charge in [-0.3, -0.25) is 9.59 Å². The number of carbonyl (C=O) groups excluding carboxylic acids is 1. The van der Waals surface area contributed by atoms with Gasteiger partial charge in [-0.25, -0.2) is 0 Å². The number of aryl methyl sites for hydroxylation is 1. The van der Waals surface area contributed by atoms with Crippen molar-refractivity contribution in [2.45, 2.75) is 52.6 Å². The fourth-order valence-electron chi connectivity index (χ4n) is 4.27. The molecule has 210 valence electrons. The number of para-hydroxylation sites is 1. The van der Waals surface area contributed by atoms with Crippen molar-refractivity contribution in [3.8, 4) is 17.2 Å². The number of ether oxygens (including phenoxy) is 2. The molecule has 0 aliphatic heterocycles. The van der Waals surface area contributed by atoms with E-state index in [1.54, 1.807) is 12.1 Å². The molecule has 0 fully saturated rings. The monoisotopic (exact) mass is 553 g/mol. The summed E-state index contributed by atoms with van der Waals surface area (Å²) in [6.45, 7) is 9.52. The van der Waals surface area contributed by atoms with Gasteiger partial charge in [-0.05, 0) is 54.2 Å². The fraction of sp³-hybridized carbons (Fsp3) is 0.290. The predicted molar refractivity (Wildman–Crippen MR) is 147 cm³/mol. The first-order chi connectivity index (χ1) is 18.8. The molecule has 0 bridgehead atoms. The van der Waals surface area contributed by atoms with Crippen molar-refractivity contribution in [1.29, 1.82) is 0 Å². The normalized spacial score (nSPS) is 11.8. The fourth-order valence-corrected chi connectivity index (χ4v) is 4.27. The van der Waals surface area contributed by atoms with Crippen molar-refractivity contribution in [3.05, 3.63) is 93.3 Å². The molecule has 0 unspecified atom stereocenters. The average Bonchev–Trinajstić information content (AvgIpc) is 2.89. The minimum absolute atomic E-state index is 0.0624. The lowest BCUT2D eigenvalue weighted by atomic mass is 9.92. The molecule has 9 heteroatoms. The molecule has 0 spiro atoms. The third-order valence-corrected chi connectivity index (χ3v) is 6.33. The molecule has 3 aromatic carbocycles. The molecule has 0 atom stereocenters. The van der Waals surface area contributed by atoms with Gasteiger partial charge in [0.2, 0.25) is 11.2 Å². The molecule has 0 saturated heterocycles. The van der Waals surface area contributed by atoms with E-state index in [9.17, 15) is 22.8 Å². The van der Waals surface area contributed by atoms with Crippen LogP contribution in [0.2, 0.25) is 0 Å². The van der Waals surface area contributed by atoms with Crippen LogP contribution in [0.15, 0.2) is 69.9 Å². The molecule has 0 saturated carbocycles. The topological polar surface area (TPSA) is 77.8 Å². The van der Waals surface area contributed by atoms with Crippen molar-refractivity contribution in [3.63, 3.8) is 0 Å². The zero-order valence-corrected chi connectivity index (χ0v) is 22.8. The highest BCUT2D eigenvalue weighted by Crippen LogP contribution is 2.39. The van der Waals surface area contributed by atoms with Gasteiger partial charge in [0.25, 0.3) is 11.7 Å². The highest BCUT2D eigenvalue weighted by atomic mass is 19.4. The Balaban J connectivity index is 1.60. The van der Waals surface area contributed by atoms with Gasteiger partial charge in [0, 0.05) is 11.8 Å². The third-order valence-electron chi connectivity index (χ3n) is 6.33. The lowest BCUT2D eigenvalue weighted by molar-refractivity contribution is -0.154. The summed E-state index contributed by atoms with van der Waals surface area (Å²) in [5.41, 5.74) is 2.23. The molecule has 1 amide bonds. The maximum Gasteiger partial charge on any atom is 0.453 e. The number of alkyl halides is 3. The van der Waals surface area contributed by atoms with Gasteiger partial charge >= 0.3 is 6.18 Å². The molecule has 1 heterocycles. The number of nitrogens with one attached hydrogen (secondary N) is 1. The van der Waals surface area contributed by atoms with Crippen LogP contribution in [-0.2, 0) is 11.0 Å². The number of anilines is 1. The van der Waals surface area contributed by atoms with Crippen LogP contribution in [0, 0.1) is 6.92 Å². The highest BCUT2D eigenvalue weighted by molar-refractivity contribution is 5.94. The third kappa shape index (κ3) is 6.30. The Morgan fingerprint density at radius 1 is 0.925 bits per heavy atom. The molecular formula is C31H30F3NO5. The molecule has 6 nitrogen and oxygen atoms in total. The minimum atomic E-state index is -5.00. The second kappa shape index (κ2) is 11.5. The molecule has 0 aliphatic carbocycles. The van der Waals surface area contributed by atoms with Gasteiger partial charge in [0.1, 0.15) is 17.1 Å². The minimum Gasteiger partial charge on any atom is -0.484 e. The number of amides is 1. The number of hydrogen-bond acceptors (Lipinski definition) is 5. The van der Waals surface area contributed by atoms with E-state index in [2.05, 4.69) is 5.32 Å². The van der Waals surface area contributed by atoms with Gasteiger partial charge in [0.15, 0.2) is 6.61 Å². The summed E-state index contributed by atoms with van der Waals surface area (Å²) < 4.78 is 57.6. The summed E-state index contributed by atoms with van der Waals surface area (Å²) in [5.74, 6) is -2.49. The molecule has 0 radical (unpaired) electrons. The molecule has 1 N–H and O–H groups in total. The van der Waals surface area contributed by atoms with E-state index in [1.165, 1.54) is 24.3 Å². The van der Waals surface area contributed by atoms with Gasteiger partial charge in [-0.1, -0.05) is 63.6 Å². The van der Waals surface area contributed by atoms with Crippen LogP contribution >= 0.6 is 0 Å². The van der Waals surface area contributed by atoms with Crippen LogP contribution in [-0.4, -0.2) is 12.5 Å². The molecule has 4 aromatic rings. The first-order valence-corrected chi connectivity index (χ1v) is 12.8. The SMILES string of the molecule is Cc1ccc(Oc2c(C(F)(F)F)oc3cc(OCC(=O)Nc4c(C(C)C)cccc4C(C)C)ccc3c2=O)cc1. The van der Waals surface area contributed by atoms with Gasteiger partial charge in [0.05, 0.1) is 5.39 Å². The lowest BCUT2D eigenvalue weighted by Gasteiger charge is -2.20. The number of rotatable bonds is 8. The van der Waals surface area contributed by atoms with E-state index in [1.807, 2.05) is 52.8 Å². The van der Waals surface area contributed by atoms with E-state index in [-0.39, 0.29) is 34.3 Å². The summed E-state index contributed by atoms with van der Waals surface area (Å²) in [7, 11) is 0. The largest absolute Gasteiger partial charge is 0.484 e. The van der Waals surface area contributed by atoms with E-state index in [0.29, 0.717) is 0 Å². The first kappa shape index (κ1) is 28.7. The number of fused-ring (bicyclic) bond motifs is 1. The Labute approximate surface area is 229 Å². The summed E-state index contributed by atoms with van der Waals surface area (Å²) in [5, 5.41) is 2.79. The summed E-state index contributed by atoms with van der Waals surface area (Å²) in [6.07, 6.45) is -5.00. The second-order valence-corrected chi connectivity index (χ2v) is 10.1. The predicted octanol–water partition coefficient (Wildman–Crippen LogP) is 8.18. The molecular weight excluding hydrogens is 523 g/mol.